The van der Waals surface area contributed by atoms with E-state index in [1.807, 2.05) is 0 Å². The zero-order chi connectivity index (χ0) is 11.5. The molecular formula is C9H5ClN4O2. The summed E-state index contributed by atoms with van der Waals surface area (Å²) in [6.45, 7) is 0. The third kappa shape index (κ3) is 1.96. The van der Waals surface area contributed by atoms with Gasteiger partial charge in [-0.1, -0.05) is 11.6 Å². The monoisotopic (exact) mass is 236 g/mol. The lowest BCUT2D eigenvalue weighted by Crippen LogP contribution is -2.02. The van der Waals surface area contributed by atoms with E-state index in [0.717, 1.165) is 6.20 Å². The molecule has 7 heteroatoms. The summed E-state index contributed by atoms with van der Waals surface area (Å²) in [5, 5.41) is 8.62. The zero-order valence-electron chi connectivity index (χ0n) is 7.83. The van der Waals surface area contributed by atoms with E-state index < -0.39 is 5.97 Å². The minimum atomic E-state index is -1.17. The lowest BCUT2D eigenvalue weighted by Gasteiger charge is -2.00. The molecule has 80 valence electrons. The highest BCUT2D eigenvalue weighted by Gasteiger charge is 2.12. The van der Waals surface area contributed by atoms with Crippen LogP contribution in [0, 0.1) is 0 Å². The third-order valence-electron chi connectivity index (χ3n) is 1.78. The van der Waals surface area contributed by atoms with Crippen LogP contribution in [0.1, 0.15) is 10.4 Å². The summed E-state index contributed by atoms with van der Waals surface area (Å²) in [6, 6.07) is 1.60. The van der Waals surface area contributed by atoms with Crippen LogP contribution >= 0.6 is 11.6 Å². The molecule has 2 rings (SSSR count). The topological polar surface area (TPSA) is 88.9 Å². The van der Waals surface area contributed by atoms with Gasteiger partial charge in [0.25, 0.3) is 0 Å². The number of aromatic nitrogens is 4. The van der Waals surface area contributed by atoms with Gasteiger partial charge in [0.15, 0.2) is 5.82 Å². The Morgan fingerprint density at radius 1 is 1.38 bits per heavy atom. The van der Waals surface area contributed by atoms with Crippen LogP contribution < -0.4 is 0 Å². The molecule has 0 aromatic carbocycles. The predicted molar refractivity (Wildman–Crippen MR) is 55.0 cm³/mol. The van der Waals surface area contributed by atoms with E-state index in [1.165, 1.54) is 12.5 Å². The molecule has 6 nitrogen and oxygen atoms in total. The minimum absolute atomic E-state index is 0.115. The molecule has 0 unspecified atom stereocenters. The molecule has 0 aliphatic rings. The molecule has 2 heterocycles. The first-order chi connectivity index (χ1) is 7.68. The van der Waals surface area contributed by atoms with Gasteiger partial charge in [0, 0.05) is 12.4 Å². The van der Waals surface area contributed by atoms with Gasteiger partial charge in [-0.2, -0.15) is 0 Å². The van der Waals surface area contributed by atoms with Crippen LogP contribution in [-0.2, 0) is 0 Å². The van der Waals surface area contributed by atoms with Crippen LogP contribution in [0.3, 0.4) is 0 Å². The standard InChI is InChI=1S/C9H5ClN4O2/c10-7-5(9(15)16)3-12-8(14-7)6-1-2-11-4-13-6/h1-4H,(H,15,16). The van der Waals surface area contributed by atoms with Gasteiger partial charge in [-0.3, -0.25) is 0 Å². The molecule has 0 aliphatic carbocycles. The summed E-state index contributed by atoms with van der Waals surface area (Å²) in [5.41, 5.74) is 0.341. The van der Waals surface area contributed by atoms with E-state index in [9.17, 15) is 4.79 Å². The van der Waals surface area contributed by atoms with Crippen molar-refractivity contribution in [3.05, 3.63) is 35.5 Å². The molecule has 16 heavy (non-hydrogen) atoms. The van der Waals surface area contributed by atoms with Gasteiger partial charge in [-0.15, -0.1) is 0 Å². The van der Waals surface area contributed by atoms with Crippen molar-refractivity contribution in [3.63, 3.8) is 0 Å². The maximum absolute atomic E-state index is 10.7. The van der Waals surface area contributed by atoms with Crippen LogP contribution in [0.25, 0.3) is 11.5 Å². The molecule has 0 atom stereocenters. The fraction of sp³-hybridized carbons (Fsp3) is 0. The summed E-state index contributed by atoms with van der Waals surface area (Å²) in [4.78, 5) is 26.1. The first-order valence-electron chi connectivity index (χ1n) is 4.20. The Bertz CT molecular complexity index is 532. The summed E-state index contributed by atoms with van der Waals surface area (Å²) < 4.78 is 0. The van der Waals surface area contributed by atoms with Crippen LogP contribution in [-0.4, -0.2) is 31.0 Å². The van der Waals surface area contributed by atoms with Gasteiger partial charge in [0.2, 0.25) is 0 Å². The van der Waals surface area contributed by atoms with Crippen molar-refractivity contribution in [2.24, 2.45) is 0 Å². The highest BCUT2D eigenvalue weighted by atomic mass is 35.5. The summed E-state index contributed by atoms with van der Waals surface area (Å²) in [7, 11) is 0. The third-order valence-corrected chi connectivity index (χ3v) is 2.07. The number of aromatic carboxylic acids is 1. The lowest BCUT2D eigenvalue weighted by atomic mass is 10.3. The number of carboxylic acid groups (broad SMARTS) is 1. The highest BCUT2D eigenvalue weighted by Crippen LogP contribution is 2.16. The fourth-order valence-corrected chi connectivity index (χ4v) is 1.26. The van der Waals surface area contributed by atoms with Crippen LogP contribution in [0.2, 0.25) is 5.15 Å². The number of hydrogen-bond donors (Lipinski definition) is 1. The maximum Gasteiger partial charge on any atom is 0.340 e. The van der Waals surface area contributed by atoms with E-state index in [1.54, 1.807) is 6.07 Å². The van der Waals surface area contributed by atoms with Gasteiger partial charge < -0.3 is 5.11 Å². The largest absolute Gasteiger partial charge is 0.478 e. The van der Waals surface area contributed by atoms with E-state index in [4.69, 9.17) is 16.7 Å². The summed E-state index contributed by atoms with van der Waals surface area (Å²) >= 11 is 5.70. The van der Waals surface area contributed by atoms with Crippen LogP contribution in [0.4, 0.5) is 0 Å². The highest BCUT2D eigenvalue weighted by molar-refractivity contribution is 6.32. The molecule has 0 amide bonds. The summed E-state index contributed by atoms with van der Waals surface area (Å²) in [6.07, 6.45) is 4.03. The van der Waals surface area contributed by atoms with E-state index >= 15 is 0 Å². The van der Waals surface area contributed by atoms with Crippen LogP contribution in [0.15, 0.2) is 24.8 Å². The molecule has 0 radical (unpaired) electrons. The smallest absolute Gasteiger partial charge is 0.340 e. The number of halogens is 1. The van der Waals surface area contributed by atoms with Gasteiger partial charge in [-0.05, 0) is 6.07 Å². The average molecular weight is 237 g/mol. The van der Waals surface area contributed by atoms with Gasteiger partial charge >= 0.3 is 5.97 Å². The molecule has 0 aliphatic heterocycles. The minimum Gasteiger partial charge on any atom is -0.478 e. The molecule has 0 saturated carbocycles. The molecule has 0 saturated heterocycles. The molecule has 2 aromatic rings. The molecule has 0 spiro atoms. The second kappa shape index (κ2) is 4.19. The van der Waals surface area contributed by atoms with Crippen molar-refractivity contribution in [2.45, 2.75) is 0 Å². The number of hydrogen-bond acceptors (Lipinski definition) is 5. The number of carbonyl (C=O) groups is 1. The molecule has 0 fully saturated rings. The Morgan fingerprint density at radius 3 is 2.75 bits per heavy atom. The maximum atomic E-state index is 10.7. The van der Waals surface area contributed by atoms with Crippen molar-refractivity contribution < 1.29 is 9.90 Å². The van der Waals surface area contributed by atoms with Crippen molar-refractivity contribution in [2.75, 3.05) is 0 Å². The normalized spacial score (nSPS) is 10.1. The number of rotatable bonds is 2. The second-order valence-corrected chi connectivity index (χ2v) is 3.16. The number of carboxylic acids is 1. The van der Waals surface area contributed by atoms with Crippen molar-refractivity contribution in [1.29, 1.82) is 0 Å². The number of nitrogens with zero attached hydrogens (tertiary/aromatic N) is 4. The van der Waals surface area contributed by atoms with E-state index in [2.05, 4.69) is 19.9 Å². The lowest BCUT2D eigenvalue weighted by molar-refractivity contribution is 0.0696. The fourth-order valence-electron chi connectivity index (χ4n) is 1.05. The van der Waals surface area contributed by atoms with E-state index in [-0.39, 0.29) is 16.5 Å². The van der Waals surface area contributed by atoms with Gasteiger partial charge in [0.1, 0.15) is 22.7 Å². The molecule has 1 N–H and O–H groups in total. The van der Waals surface area contributed by atoms with Crippen molar-refractivity contribution in [1.82, 2.24) is 19.9 Å². The Labute approximate surface area is 95.0 Å². The Balaban J connectivity index is 2.46. The van der Waals surface area contributed by atoms with Crippen LogP contribution in [0.5, 0.6) is 0 Å². The molecular weight excluding hydrogens is 232 g/mol. The van der Waals surface area contributed by atoms with Crippen molar-refractivity contribution in [3.8, 4) is 11.5 Å². The molecule has 0 bridgehead atoms. The SMILES string of the molecule is O=C(O)c1cnc(-c2ccncn2)nc1Cl. The average Bonchev–Trinajstić information content (AvgIpc) is 2.29. The predicted octanol–water partition coefficient (Wildman–Crippen LogP) is 1.29. The van der Waals surface area contributed by atoms with Gasteiger partial charge in [0.05, 0.1) is 0 Å². The summed E-state index contributed by atoms with van der Waals surface area (Å²) in [5.74, 6) is -0.906. The first kappa shape index (κ1) is 10.4. The van der Waals surface area contributed by atoms with E-state index in [0.29, 0.717) is 5.69 Å². The quantitative estimate of drug-likeness (QED) is 0.791. The molecule has 2 aromatic heterocycles. The zero-order valence-corrected chi connectivity index (χ0v) is 8.59. The Kier molecular flexibility index (Phi) is 2.74. The first-order valence-corrected chi connectivity index (χ1v) is 4.58. The second-order valence-electron chi connectivity index (χ2n) is 2.80. The Hall–Kier alpha value is -2.08. The van der Waals surface area contributed by atoms with Gasteiger partial charge in [-0.25, -0.2) is 24.7 Å². The van der Waals surface area contributed by atoms with Crippen molar-refractivity contribution >= 4 is 17.6 Å². The Morgan fingerprint density at radius 2 is 2.19 bits per heavy atom.